The zero-order valence-corrected chi connectivity index (χ0v) is 12.3. The lowest BCUT2D eigenvalue weighted by atomic mass is 9.89. The van der Waals surface area contributed by atoms with Crippen LogP contribution >= 0.6 is 11.3 Å². The van der Waals surface area contributed by atoms with E-state index in [4.69, 9.17) is 0 Å². The lowest BCUT2D eigenvalue weighted by Crippen LogP contribution is -2.06. The summed E-state index contributed by atoms with van der Waals surface area (Å²) in [7, 11) is 0. The third-order valence-electron chi connectivity index (χ3n) is 4.00. The van der Waals surface area contributed by atoms with Crippen LogP contribution in [0.1, 0.15) is 49.6 Å². The fourth-order valence-corrected chi connectivity index (χ4v) is 3.70. The molecule has 0 saturated heterocycles. The Kier molecular flexibility index (Phi) is 3.28. The van der Waals surface area contributed by atoms with Crippen molar-refractivity contribution in [3.8, 4) is 0 Å². The molecule has 1 aromatic carbocycles. The van der Waals surface area contributed by atoms with Gasteiger partial charge in [0.15, 0.2) is 0 Å². The number of ketones is 1. The topological polar surface area (TPSA) is 17.1 Å². The van der Waals surface area contributed by atoms with Crippen molar-refractivity contribution in [2.75, 3.05) is 0 Å². The van der Waals surface area contributed by atoms with Gasteiger partial charge in [0, 0.05) is 10.4 Å². The molecule has 19 heavy (non-hydrogen) atoms. The van der Waals surface area contributed by atoms with Gasteiger partial charge >= 0.3 is 0 Å². The van der Waals surface area contributed by atoms with E-state index in [1.165, 1.54) is 40.8 Å². The first kappa shape index (κ1) is 12.6. The van der Waals surface area contributed by atoms with Crippen molar-refractivity contribution in [3.05, 3.63) is 56.3 Å². The average Bonchev–Trinajstić information content (AvgIpc) is 2.77. The van der Waals surface area contributed by atoms with Crippen LogP contribution in [0.5, 0.6) is 0 Å². The Hall–Kier alpha value is -1.41. The minimum absolute atomic E-state index is 0.176. The van der Waals surface area contributed by atoms with E-state index in [0.717, 1.165) is 16.9 Å². The lowest BCUT2D eigenvalue weighted by molar-refractivity contribution is 0.104. The Labute approximate surface area is 118 Å². The second kappa shape index (κ2) is 4.93. The van der Waals surface area contributed by atoms with Gasteiger partial charge in [-0.15, -0.1) is 11.3 Å². The maximum absolute atomic E-state index is 12.5. The fraction of sp³-hybridized carbons (Fsp3) is 0.353. The average molecular weight is 270 g/mol. The van der Waals surface area contributed by atoms with Crippen LogP contribution in [-0.2, 0) is 12.8 Å². The summed E-state index contributed by atoms with van der Waals surface area (Å²) in [6.07, 6.45) is 4.82. The summed E-state index contributed by atoms with van der Waals surface area (Å²) in [5.41, 5.74) is 4.87. The molecular weight excluding hydrogens is 252 g/mol. The van der Waals surface area contributed by atoms with E-state index >= 15 is 0 Å². The molecular formula is C17H18OS. The molecule has 0 spiro atoms. The highest BCUT2D eigenvalue weighted by molar-refractivity contribution is 7.14. The molecule has 0 atom stereocenters. The maximum Gasteiger partial charge on any atom is 0.202 e. The molecule has 98 valence electrons. The Morgan fingerprint density at radius 3 is 2.47 bits per heavy atom. The van der Waals surface area contributed by atoms with Crippen LogP contribution < -0.4 is 0 Å². The smallest absolute Gasteiger partial charge is 0.202 e. The first-order valence-electron chi connectivity index (χ1n) is 6.88. The van der Waals surface area contributed by atoms with Crippen LogP contribution in [0.15, 0.2) is 24.3 Å². The van der Waals surface area contributed by atoms with Gasteiger partial charge in [0.1, 0.15) is 0 Å². The summed E-state index contributed by atoms with van der Waals surface area (Å²) in [6, 6.07) is 8.27. The summed E-state index contributed by atoms with van der Waals surface area (Å²) in [5.74, 6) is 0.176. The molecule has 0 amide bonds. The molecule has 1 aliphatic rings. The zero-order valence-electron chi connectivity index (χ0n) is 11.5. The molecule has 2 heteroatoms. The van der Waals surface area contributed by atoms with E-state index in [1.54, 1.807) is 11.3 Å². The fourth-order valence-electron chi connectivity index (χ4n) is 2.70. The highest BCUT2D eigenvalue weighted by atomic mass is 32.1. The predicted octanol–water partition coefficient (Wildman–Crippen LogP) is 4.47. The number of fused-ring (bicyclic) bond motifs is 1. The van der Waals surface area contributed by atoms with Gasteiger partial charge in [-0.2, -0.15) is 0 Å². The van der Waals surface area contributed by atoms with Crippen LogP contribution in [0.2, 0.25) is 0 Å². The van der Waals surface area contributed by atoms with Crippen molar-refractivity contribution < 1.29 is 4.79 Å². The molecule has 1 aliphatic carbocycles. The van der Waals surface area contributed by atoms with E-state index in [1.807, 2.05) is 12.1 Å². The van der Waals surface area contributed by atoms with E-state index < -0.39 is 0 Å². The van der Waals surface area contributed by atoms with Gasteiger partial charge in [-0.25, -0.2) is 0 Å². The Balaban J connectivity index is 1.95. The summed E-state index contributed by atoms with van der Waals surface area (Å²) in [6.45, 7) is 4.14. The van der Waals surface area contributed by atoms with Crippen molar-refractivity contribution in [1.82, 2.24) is 0 Å². The zero-order chi connectivity index (χ0) is 13.4. The molecule has 1 nitrogen and oxygen atoms in total. The third-order valence-corrected chi connectivity index (χ3v) is 5.15. The highest BCUT2D eigenvalue weighted by Crippen LogP contribution is 2.26. The van der Waals surface area contributed by atoms with Crippen molar-refractivity contribution in [2.24, 2.45) is 0 Å². The van der Waals surface area contributed by atoms with E-state index in [0.29, 0.717) is 0 Å². The largest absolute Gasteiger partial charge is 0.288 e. The summed E-state index contributed by atoms with van der Waals surface area (Å²) < 4.78 is 0. The van der Waals surface area contributed by atoms with E-state index in [2.05, 4.69) is 26.0 Å². The van der Waals surface area contributed by atoms with Gasteiger partial charge in [-0.3, -0.25) is 4.79 Å². The van der Waals surface area contributed by atoms with Gasteiger partial charge in [-0.1, -0.05) is 12.1 Å². The summed E-state index contributed by atoms with van der Waals surface area (Å²) >= 11 is 1.61. The number of carbonyl (C=O) groups is 1. The van der Waals surface area contributed by atoms with Gasteiger partial charge in [0.25, 0.3) is 0 Å². The molecule has 2 aromatic rings. The molecule has 1 aromatic heterocycles. The normalized spacial score (nSPS) is 14.2. The van der Waals surface area contributed by atoms with Crippen molar-refractivity contribution >= 4 is 17.1 Å². The minimum Gasteiger partial charge on any atom is -0.288 e. The SMILES string of the molecule is Cc1cc(C(=O)c2ccc3c(c2)CCCC3)sc1C. The molecule has 0 aliphatic heterocycles. The predicted molar refractivity (Wildman–Crippen MR) is 80.3 cm³/mol. The van der Waals surface area contributed by atoms with Gasteiger partial charge in [0.05, 0.1) is 4.88 Å². The number of carbonyl (C=O) groups excluding carboxylic acids is 1. The Bertz CT molecular complexity index is 617. The quantitative estimate of drug-likeness (QED) is 0.736. The monoisotopic (exact) mass is 270 g/mol. The third kappa shape index (κ3) is 2.37. The molecule has 3 rings (SSSR count). The highest BCUT2D eigenvalue weighted by Gasteiger charge is 2.16. The van der Waals surface area contributed by atoms with Crippen LogP contribution in [0, 0.1) is 13.8 Å². The standard InChI is InChI=1S/C17H18OS/c1-11-9-16(19-12(11)2)17(18)15-8-7-13-5-3-4-6-14(13)10-15/h7-10H,3-6H2,1-2H3. The van der Waals surface area contributed by atoms with Crippen LogP contribution in [0.3, 0.4) is 0 Å². The van der Waals surface area contributed by atoms with Crippen LogP contribution in [-0.4, -0.2) is 5.78 Å². The van der Waals surface area contributed by atoms with Gasteiger partial charge in [-0.05, 0) is 68.4 Å². The summed E-state index contributed by atoms with van der Waals surface area (Å²) in [5, 5.41) is 0. The molecule has 1 heterocycles. The lowest BCUT2D eigenvalue weighted by Gasteiger charge is -2.16. The number of rotatable bonds is 2. The van der Waals surface area contributed by atoms with Crippen LogP contribution in [0.4, 0.5) is 0 Å². The maximum atomic E-state index is 12.5. The molecule has 0 bridgehead atoms. The van der Waals surface area contributed by atoms with Crippen molar-refractivity contribution in [2.45, 2.75) is 39.5 Å². The molecule has 0 saturated carbocycles. The number of benzene rings is 1. The van der Waals surface area contributed by atoms with Crippen molar-refractivity contribution in [1.29, 1.82) is 0 Å². The van der Waals surface area contributed by atoms with E-state index in [9.17, 15) is 4.79 Å². The number of hydrogen-bond donors (Lipinski definition) is 0. The first-order chi connectivity index (χ1) is 9.15. The minimum atomic E-state index is 0.176. The molecule has 0 unspecified atom stereocenters. The molecule has 0 radical (unpaired) electrons. The first-order valence-corrected chi connectivity index (χ1v) is 7.70. The summed E-state index contributed by atoms with van der Waals surface area (Å²) in [4.78, 5) is 14.6. The van der Waals surface area contributed by atoms with Gasteiger partial charge < -0.3 is 0 Å². The van der Waals surface area contributed by atoms with Crippen LogP contribution in [0.25, 0.3) is 0 Å². The second-order valence-electron chi connectivity index (χ2n) is 5.37. The molecule has 0 N–H and O–H groups in total. The second-order valence-corrected chi connectivity index (χ2v) is 6.63. The van der Waals surface area contributed by atoms with E-state index in [-0.39, 0.29) is 5.78 Å². The molecule has 0 fully saturated rings. The number of thiophene rings is 1. The number of hydrogen-bond acceptors (Lipinski definition) is 2. The van der Waals surface area contributed by atoms with Gasteiger partial charge in [0.2, 0.25) is 5.78 Å². The Morgan fingerprint density at radius 2 is 1.79 bits per heavy atom. The Morgan fingerprint density at radius 1 is 1.05 bits per heavy atom. The van der Waals surface area contributed by atoms with Crippen molar-refractivity contribution in [3.63, 3.8) is 0 Å². The number of aryl methyl sites for hydroxylation is 4.